The fourth-order valence-electron chi connectivity index (χ4n) is 2.46. The van der Waals surface area contributed by atoms with Crippen molar-refractivity contribution in [1.29, 1.82) is 0 Å². The summed E-state index contributed by atoms with van der Waals surface area (Å²) in [5, 5.41) is 7.74. The third-order valence-electron chi connectivity index (χ3n) is 3.53. The molecule has 2 aromatic rings. The maximum Gasteiger partial charge on any atom is 0.131 e. The van der Waals surface area contributed by atoms with Gasteiger partial charge in [0.2, 0.25) is 0 Å². The van der Waals surface area contributed by atoms with Crippen molar-refractivity contribution in [2.75, 3.05) is 6.54 Å². The Labute approximate surface area is 119 Å². The van der Waals surface area contributed by atoms with Crippen LogP contribution in [0, 0.1) is 5.82 Å². The van der Waals surface area contributed by atoms with Gasteiger partial charge in [-0.3, -0.25) is 4.68 Å². The molecule has 0 amide bonds. The van der Waals surface area contributed by atoms with Crippen LogP contribution in [0.2, 0.25) is 0 Å². The number of nitrogens with one attached hydrogen (secondary N) is 1. The lowest BCUT2D eigenvalue weighted by Crippen LogP contribution is -2.17. The van der Waals surface area contributed by atoms with E-state index in [1.807, 2.05) is 32.3 Å². The van der Waals surface area contributed by atoms with Gasteiger partial charge in [-0.1, -0.05) is 19.9 Å². The van der Waals surface area contributed by atoms with Crippen molar-refractivity contribution >= 4 is 0 Å². The number of nitrogens with zero attached hydrogens (tertiary/aromatic N) is 2. The Hall–Kier alpha value is -1.68. The van der Waals surface area contributed by atoms with Crippen LogP contribution in [0.3, 0.4) is 0 Å². The lowest BCUT2D eigenvalue weighted by molar-refractivity contribution is 0.592. The predicted molar refractivity (Wildman–Crippen MR) is 80.1 cm³/mol. The van der Waals surface area contributed by atoms with Gasteiger partial charge in [0.15, 0.2) is 0 Å². The first-order chi connectivity index (χ1) is 9.56. The molecule has 2 rings (SSSR count). The minimum atomic E-state index is -0.194. The van der Waals surface area contributed by atoms with Gasteiger partial charge in [-0.15, -0.1) is 0 Å². The lowest BCUT2D eigenvalue weighted by Gasteiger charge is -2.14. The molecule has 0 aliphatic heterocycles. The van der Waals surface area contributed by atoms with Gasteiger partial charge >= 0.3 is 0 Å². The number of aryl methyl sites for hydroxylation is 2. The van der Waals surface area contributed by atoms with E-state index in [0.717, 1.165) is 29.8 Å². The van der Waals surface area contributed by atoms with Crippen LogP contribution in [-0.4, -0.2) is 16.3 Å². The Morgan fingerprint density at radius 1 is 1.30 bits per heavy atom. The molecular formula is C16H22FN3. The molecule has 1 aromatic carbocycles. The fourth-order valence-corrected chi connectivity index (χ4v) is 2.46. The summed E-state index contributed by atoms with van der Waals surface area (Å²) in [7, 11) is 1.87. The molecule has 4 heteroatoms. The number of aromatic nitrogens is 2. The maximum atomic E-state index is 14.2. The molecule has 1 heterocycles. The van der Waals surface area contributed by atoms with Gasteiger partial charge in [-0.2, -0.15) is 5.10 Å². The van der Waals surface area contributed by atoms with E-state index >= 15 is 0 Å². The first-order valence-corrected chi connectivity index (χ1v) is 7.12. The number of hydrogen-bond donors (Lipinski definition) is 1. The molecule has 3 nitrogen and oxygen atoms in total. The van der Waals surface area contributed by atoms with Crippen LogP contribution < -0.4 is 5.32 Å². The highest BCUT2D eigenvalue weighted by Gasteiger charge is 2.15. The van der Waals surface area contributed by atoms with Crippen molar-refractivity contribution in [2.24, 2.45) is 7.05 Å². The Morgan fingerprint density at radius 2 is 2.05 bits per heavy atom. The molecule has 0 spiro atoms. The van der Waals surface area contributed by atoms with Crippen molar-refractivity contribution < 1.29 is 4.39 Å². The second-order valence-electron chi connectivity index (χ2n) is 5.04. The van der Waals surface area contributed by atoms with Crippen LogP contribution in [0.15, 0.2) is 24.4 Å². The third-order valence-corrected chi connectivity index (χ3v) is 3.53. The van der Waals surface area contributed by atoms with E-state index in [0.29, 0.717) is 5.56 Å². The summed E-state index contributed by atoms with van der Waals surface area (Å²) in [5.41, 5.74) is 3.55. The molecule has 108 valence electrons. The predicted octanol–water partition coefficient (Wildman–Crippen LogP) is 3.46. The van der Waals surface area contributed by atoms with Crippen LogP contribution in [0.4, 0.5) is 4.39 Å². The molecule has 0 aliphatic carbocycles. The Kier molecular flexibility index (Phi) is 4.55. The normalized spacial score (nSPS) is 12.7. The molecular weight excluding hydrogens is 253 g/mol. The van der Waals surface area contributed by atoms with E-state index in [9.17, 15) is 4.39 Å². The molecule has 1 aromatic heterocycles. The summed E-state index contributed by atoms with van der Waals surface area (Å²) in [6.07, 6.45) is 2.68. The third kappa shape index (κ3) is 2.90. The number of hydrogen-bond acceptors (Lipinski definition) is 2. The van der Waals surface area contributed by atoms with Gasteiger partial charge < -0.3 is 5.32 Å². The van der Waals surface area contributed by atoms with Crippen LogP contribution >= 0.6 is 0 Å². The standard InChI is InChI=1S/C16H22FN3/c1-5-16-14(10-20(4)19-16)13-9-12(7-8-15(13)17)11(3)18-6-2/h7-11,18H,5-6H2,1-4H3. The van der Waals surface area contributed by atoms with E-state index in [-0.39, 0.29) is 11.9 Å². The lowest BCUT2D eigenvalue weighted by atomic mass is 9.99. The van der Waals surface area contributed by atoms with Crippen LogP contribution in [0.1, 0.15) is 38.1 Å². The van der Waals surface area contributed by atoms with E-state index in [4.69, 9.17) is 0 Å². The first kappa shape index (κ1) is 14.7. The number of halogens is 1. The molecule has 20 heavy (non-hydrogen) atoms. The zero-order chi connectivity index (χ0) is 14.7. The highest BCUT2D eigenvalue weighted by Crippen LogP contribution is 2.28. The van der Waals surface area contributed by atoms with E-state index in [1.165, 1.54) is 0 Å². The summed E-state index contributed by atoms with van der Waals surface area (Å²) >= 11 is 0. The zero-order valence-corrected chi connectivity index (χ0v) is 12.6. The van der Waals surface area contributed by atoms with Gasteiger partial charge in [0, 0.05) is 30.4 Å². The molecule has 0 radical (unpaired) electrons. The largest absolute Gasteiger partial charge is 0.310 e. The molecule has 1 N–H and O–H groups in total. The maximum absolute atomic E-state index is 14.2. The summed E-state index contributed by atoms with van der Waals surface area (Å²) in [4.78, 5) is 0. The van der Waals surface area contributed by atoms with Gasteiger partial charge in [-0.25, -0.2) is 4.39 Å². The van der Waals surface area contributed by atoms with Crippen molar-refractivity contribution in [3.8, 4) is 11.1 Å². The Balaban J connectivity index is 2.47. The second kappa shape index (κ2) is 6.18. The molecule has 1 atom stereocenters. The summed E-state index contributed by atoms with van der Waals surface area (Å²) in [6, 6.07) is 5.53. The van der Waals surface area contributed by atoms with Crippen molar-refractivity contribution in [2.45, 2.75) is 33.2 Å². The van der Waals surface area contributed by atoms with E-state index < -0.39 is 0 Å². The monoisotopic (exact) mass is 275 g/mol. The molecule has 0 aliphatic rings. The van der Waals surface area contributed by atoms with Crippen molar-refractivity contribution in [3.63, 3.8) is 0 Å². The SMILES string of the molecule is CCNC(C)c1ccc(F)c(-c2cn(C)nc2CC)c1. The van der Waals surface area contributed by atoms with Gasteiger partial charge in [0.25, 0.3) is 0 Å². The molecule has 1 unspecified atom stereocenters. The van der Waals surface area contributed by atoms with Crippen molar-refractivity contribution in [3.05, 3.63) is 41.5 Å². The quantitative estimate of drug-likeness (QED) is 0.905. The average molecular weight is 275 g/mol. The molecule has 0 saturated carbocycles. The van der Waals surface area contributed by atoms with Gasteiger partial charge in [0.05, 0.1) is 5.69 Å². The zero-order valence-electron chi connectivity index (χ0n) is 12.6. The second-order valence-corrected chi connectivity index (χ2v) is 5.04. The van der Waals surface area contributed by atoms with Crippen LogP contribution in [0.5, 0.6) is 0 Å². The summed E-state index contributed by atoms with van der Waals surface area (Å²) in [6.45, 7) is 7.08. The van der Waals surface area contributed by atoms with Gasteiger partial charge in [0.1, 0.15) is 5.82 Å². The Morgan fingerprint density at radius 3 is 2.70 bits per heavy atom. The number of benzene rings is 1. The highest BCUT2D eigenvalue weighted by atomic mass is 19.1. The Bertz CT molecular complexity index is 589. The van der Waals surface area contributed by atoms with E-state index in [1.54, 1.807) is 10.7 Å². The molecule has 0 fully saturated rings. The fraction of sp³-hybridized carbons (Fsp3) is 0.438. The molecule has 0 bridgehead atoms. The molecule has 0 saturated heterocycles. The van der Waals surface area contributed by atoms with Crippen LogP contribution in [-0.2, 0) is 13.5 Å². The minimum Gasteiger partial charge on any atom is -0.310 e. The van der Waals surface area contributed by atoms with E-state index in [2.05, 4.69) is 24.3 Å². The smallest absolute Gasteiger partial charge is 0.131 e. The number of rotatable bonds is 5. The average Bonchev–Trinajstić information content (AvgIpc) is 2.80. The van der Waals surface area contributed by atoms with Crippen LogP contribution in [0.25, 0.3) is 11.1 Å². The minimum absolute atomic E-state index is 0.194. The summed E-state index contributed by atoms with van der Waals surface area (Å²) < 4.78 is 15.9. The highest BCUT2D eigenvalue weighted by molar-refractivity contribution is 5.67. The topological polar surface area (TPSA) is 29.9 Å². The first-order valence-electron chi connectivity index (χ1n) is 7.12. The summed E-state index contributed by atoms with van der Waals surface area (Å²) in [5.74, 6) is -0.194. The van der Waals surface area contributed by atoms with Gasteiger partial charge in [-0.05, 0) is 37.6 Å². The van der Waals surface area contributed by atoms with Crippen molar-refractivity contribution in [1.82, 2.24) is 15.1 Å².